The highest BCUT2D eigenvalue weighted by atomic mass is 35.5. The van der Waals surface area contributed by atoms with Gasteiger partial charge in [0.05, 0.1) is 0 Å². The topological polar surface area (TPSA) is 46.2 Å². The van der Waals surface area contributed by atoms with Crippen LogP contribution in [0.15, 0.2) is 18.2 Å². The second kappa shape index (κ2) is 5.56. The van der Waals surface area contributed by atoms with Crippen LogP contribution >= 0.6 is 23.2 Å². The molecule has 0 bridgehead atoms. The van der Waals surface area contributed by atoms with Gasteiger partial charge in [-0.2, -0.15) is 0 Å². The van der Waals surface area contributed by atoms with Crippen molar-refractivity contribution < 1.29 is 5.11 Å². The van der Waals surface area contributed by atoms with Gasteiger partial charge in [0.2, 0.25) is 0 Å². The van der Waals surface area contributed by atoms with E-state index in [1.807, 2.05) is 0 Å². The molecule has 0 aliphatic carbocycles. The molecule has 3 N–H and O–H groups in total. The van der Waals surface area contributed by atoms with Crippen molar-refractivity contribution in [2.24, 2.45) is 11.7 Å². The van der Waals surface area contributed by atoms with E-state index in [0.29, 0.717) is 23.0 Å². The molecule has 0 aliphatic heterocycles. The SMILES string of the molecule is NCC(CO)Cc1c(Cl)cccc1Cl. The molecular weight excluding hydrogens is 221 g/mol. The Hall–Kier alpha value is -0.280. The molecule has 1 aromatic carbocycles. The second-order valence-corrected chi connectivity index (χ2v) is 4.00. The number of nitrogens with two attached hydrogens (primary N) is 1. The van der Waals surface area contributed by atoms with Crippen LogP contribution in [0, 0.1) is 5.92 Å². The standard InChI is InChI=1S/C10H13Cl2NO/c11-9-2-1-3-10(12)8(9)4-7(5-13)6-14/h1-3,7,14H,4-6,13H2. The number of halogens is 2. The Kier molecular flexibility index (Phi) is 4.69. The predicted molar refractivity (Wildman–Crippen MR) is 59.8 cm³/mol. The first kappa shape index (κ1) is 11.8. The monoisotopic (exact) mass is 233 g/mol. The van der Waals surface area contributed by atoms with Crippen LogP contribution in [0.5, 0.6) is 0 Å². The molecular formula is C10H13Cl2NO. The molecule has 0 aromatic heterocycles. The van der Waals surface area contributed by atoms with Crippen LogP contribution < -0.4 is 5.73 Å². The van der Waals surface area contributed by atoms with Crippen molar-refractivity contribution in [3.63, 3.8) is 0 Å². The molecule has 1 rings (SSSR count). The lowest BCUT2D eigenvalue weighted by atomic mass is 10.0. The van der Waals surface area contributed by atoms with E-state index in [-0.39, 0.29) is 12.5 Å². The van der Waals surface area contributed by atoms with Crippen LogP contribution in [0.25, 0.3) is 0 Å². The fourth-order valence-corrected chi connectivity index (χ4v) is 1.79. The summed E-state index contributed by atoms with van der Waals surface area (Å²) in [4.78, 5) is 0. The molecule has 14 heavy (non-hydrogen) atoms. The number of hydrogen-bond acceptors (Lipinski definition) is 2. The quantitative estimate of drug-likeness (QED) is 0.837. The fraction of sp³-hybridized carbons (Fsp3) is 0.400. The largest absolute Gasteiger partial charge is 0.396 e. The minimum Gasteiger partial charge on any atom is -0.396 e. The molecule has 0 radical (unpaired) electrons. The van der Waals surface area contributed by atoms with Crippen molar-refractivity contribution in [3.8, 4) is 0 Å². The van der Waals surface area contributed by atoms with Crippen LogP contribution in [0.3, 0.4) is 0 Å². The van der Waals surface area contributed by atoms with Gasteiger partial charge in [-0.15, -0.1) is 0 Å². The minimum absolute atomic E-state index is 0.0207. The average Bonchev–Trinajstić information content (AvgIpc) is 2.18. The Bertz CT molecular complexity index is 280. The molecule has 2 nitrogen and oxygen atoms in total. The highest BCUT2D eigenvalue weighted by Crippen LogP contribution is 2.26. The minimum atomic E-state index is 0.0207. The van der Waals surface area contributed by atoms with Gasteiger partial charge in [0.1, 0.15) is 0 Å². The molecule has 1 atom stereocenters. The number of hydrogen-bond donors (Lipinski definition) is 2. The molecule has 0 amide bonds. The summed E-state index contributed by atoms with van der Waals surface area (Å²) < 4.78 is 0. The molecule has 1 unspecified atom stereocenters. The summed E-state index contributed by atoms with van der Waals surface area (Å²) in [6.45, 7) is 0.482. The first-order chi connectivity index (χ1) is 6.69. The van der Waals surface area contributed by atoms with Crippen LogP contribution in [0.4, 0.5) is 0 Å². The number of aliphatic hydroxyl groups excluding tert-OH is 1. The van der Waals surface area contributed by atoms with E-state index in [2.05, 4.69) is 0 Å². The summed E-state index contributed by atoms with van der Waals surface area (Å²) in [5.74, 6) is 0.0207. The highest BCUT2D eigenvalue weighted by molar-refractivity contribution is 6.35. The van der Waals surface area contributed by atoms with E-state index in [9.17, 15) is 0 Å². The Labute approximate surface area is 93.6 Å². The van der Waals surface area contributed by atoms with Crippen molar-refractivity contribution in [1.82, 2.24) is 0 Å². The number of benzene rings is 1. The third-order valence-corrected chi connectivity index (χ3v) is 2.85. The van der Waals surface area contributed by atoms with Gasteiger partial charge in [-0.1, -0.05) is 29.3 Å². The molecule has 0 saturated carbocycles. The van der Waals surface area contributed by atoms with Gasteiger partial charge >= 0.3 is 0 Å². The lowest BCUT2D eigenvalue weighted by molar-refractivity contribution is 0.230. The van der Waals surface area contributed by atoms with E-state index < -0.39 is 0 Å². The normalized spacial score (nSPS) is 12.9. The maximum absolute atomic E-state index is 9.00. The fourth-order valence-electron chi connectivity index (χ4n) is 1.24. The van der Waals surface area contributed by atoms with Crippen molar-refractivity contribution in [2.45, 2.75) is 6.42 Å². The van der Waals surface area contributed by atoms with Crippen molar-refractivity contribution >= 4 is 23.2 Å². The zero-order valence-corrected chi connectivity index (χ0v) is 9.22. The summed E-state index contributed by atoms with van der Waals surface area (Å²) in [5.41, 5.74) is 6.35. The maximum atomic E-state index is 9.00. The number of rotatable bonds is 4. The Morgan fingerprint density at radius 2 is 1.86 bits per heavy atom. The van der Waals surface area contributed by atoms with Crippen LogP contribution in [-0.4, -0.2) is 18.3 Å². The molecule has 0 heterocycles. The van der Waals surface area contributed by atoms with E-state index in [0.717, 1.165) is 5.56 Å². The third kappa shape index (κ3) is 2.85. The van der Waals surface area contributed by atoms with Crippen molar-refractivity contribution in [2.75, 3.05) is 13.2 Å². The molecule has 0 saturated heterocycles. The highest BCUT2D eigenvalue weighted by Gasteiger charge is 2.11. The van der Waals surface area contributed by atoms with E-state index in [1.165, 1.54) is 0 Å². The number of aliphatic hydroxyl groups is 1. The predicted octanol–water partition coefficient (Wildman–Crippen LogP) is 2.10. The summed E-state index contributed by atoms with van der Waals surface area (Å²) in [7, 11) is 0. The second-order valence-electron chi connectivity index (χ2n) is 3.19. The van der Waals surface area contributed by atoms with Crippen LogP contribution in [-0.2, 0) is 6.42 Å². The lowest BCUT2D eigenvalue weighted by Gasteiger charge is -2.13. The summed E-state index contributed by atoms with van der Waals surface area (Å²) >= 11 is 12.0. The van der Waals surface area contributed by atoms with Gasteiger partial charge < -0.3 is 10.8 Å². The Morgan fingerprint density at radius 1 is 1.29 bits per heavy atom. The Balaban J connectivity index is 2.84. The molecule has 0 fully saturated rings. The molecule has 78 valence electrons. The molecule has 0 aliphatic rings. The summed E-state index contributed by atoms with van der Waals surface area (Å²) in [6, 6.07) is 5.37. The first-order valence-electron chi connectivity index (χ1n) is 4.42. The van der Waals surface area contributed by atoms with E-state index in [1.54, 1.807) is 18.2 Å². The zero-order valence-electron chi connectivity index (χ0n) is 7.71. The first-order valence-corrected chi connectivity index (χ1v) is 5.18. The van der Waals surface area contributed by atoms with Gasteiger partial charge in [-0.05, 0) is 36.6 Å². The zero-order chi connectivity index (χ0) is 10.6. The summed E-state index contributed by atoms with van der Waals surface area (Å²) in [5, 5.41) is 10.3. The van der Waals surface area contributed by atoms with Gasteiger partial charge in [0.25, 0.3) is 0 Å². The van der Waals surface area contributed by atoms with Crippen LogP contribution in [0.2, 0.25) is 10.0 Å². The van der Waals surface area contributed by atoms with Gasteiger partial charge in [0, 0.05) is 16.7 Å². The smallest absolute Gasteiger partial charge is 0.0474 e. The van der Waals surface area contributed by atoms with Gasteiger partial charge in [-0.3, -0.25) is 0 Å². The van der Waals surface area contributed by atoms with Crippen LogP contribution in [0.1, 0.15) is 5.56 Å². The molecule has 1 aromatic rings. The molecule has 0 spiro atoms. The Morgan fingerprint density at radius 3 is 2.29 bits per heavy atom. The van der Waals surface area contributed by atoms with Crippen molar-refractivity contribution in [1.29, 1.82) is 0 Å². The maximum Gasteiger partial charge on any atom is 0.0474 e. The van der Waals surface area contributed by atoms with Crippen molar-refractivity contribution in [3.05, 3.63) is 33.8 Å². The van der Waals surface area contributed by atoms with E-state index >= 15 is 0 Å². The van der Waals surface area contributed by atoms with E-state index in [4.69, 9.17) is 34.0 Å². The lowest BCUT2D eigenvalue weighted by Crippen LogP contribution is -2.20. The molecule has 4 heteroatoms. The average molecular weight is 234 g/mol. The summed E-state index contributed by atoms with van der Waals surface area (Å²) in [6.07, 6.45) is 0.617. The van der Waals surface area contributed by atoms with Gasteiger partial charge in [0.15, 0.2) is 0 Å². The third-order valence-electron chi connectivity index (χ3n) is 2.15. The van der Waals surface area contributed by atoms with Gasteiger partial charge in [-0.25, -0.2) is 0 Å².